The highest BCUT2D eigenvalue weighted by Crippen LogP contribution is 2.36. The summed E-state index contributed by atoms with van der Waals surface area (Å²) in [6.45, 7) is 4.18. The van der Waals surface area contributed by atoms with Gasteiger partial charge in [0.15, 0.2) is 0 Å². The normalized spacial score (nSPS) is 26.6. The van der Waals surface area contributed by atoms with Gasteiger partial charge in [0, 0.05) is 12.6 Å². The third-order valence-electron chi connectivity index (χ3n) is 4.94. The van der Waals surface area contributed by atoms with E-state index in [4.69, 9.17) is 4.74 Å². The molecule has 2 aliphatic carbocycles. The number of hydrogen-bond donors (Lipinski definition) is 1. The van der Waals surface area contributed by atoms with E-state index in [0.717, 1.165) is 13.2 Å². The molecule has 0 aromatic heterocycles. The molecule has 1 saturated carbocycles. The summed E-state index contributed by atoms with van der Waals surface area (Å²) >= 11 is 0. The summed E-state index contributed by atoms with van der Waals surface area (Å²) in [4.78, 5) is 0. The van der Waals surface area contributed by atoms with Gasteiger partial charge in [-0.15, -0.1) is 0 Å². The number of rotatable bonds is 5. The zero-order valence-corrected chi connectivity index (χ0v) is 12.6. The number of fused-ring (bicyclic) bond motifs is 1. The molecule has 0 aliphatic heterocycles. The van der Waals surface area contributed by atoms with E-state index in [-0.39, 0.29) is 0 Å². The van der Waals surface area contributed by atoms with Crippen molar-refractivity contribution in [2.24, 2.45) is 0 Å². The standard InChI is InChI=1S/C18H27NO/c1-14-10-11-18(17-9-5-4-8-16(14)17)19-12-13-20-15-6-2-3-7-15/h4-5,8-9,14-15,18-19H,2-3,6-7,10-13H2,1H3. The molecule has 1 fully saturated rings. The first-order chi connectivity index (χ1) is 9.84. The third kappa shape index (κ3) is 3.24. The van der Waals surface area contributed by atoms with E-state index >= 15 is 0 Å². The molecule has 0 saturated heterocycles. The Morgan fingerprint density at radius 2 is 1.80 bits per heavy atom. The number of hydrogen-bond acceptors (Lipinski definition) is 2. The second-order valence-corrected chi connectivity index (χ2v) is 6.39. The van der Waals surface area contributed by atoms with Gasteiger partial charge in [0.2, 0.25) is 0 Å². The summed E-state index contributed by atoms with van der Waals surface area (Å²) in [5, 5.41) is 3.70. The maximum Gasteiger partial charge on any atom is 0.0594 e. The second kappa shape index (κ2) is 6.73. The maximum atomic E-state index is 5.94. The van der Waals surface area contributed by atoms with Crippen LogP contribution in [0.25, 0.3) is 0 Å². The predicted octanol–water partition coefficient (Wildman–Crippen LogP) is 4.17. The largest absolute Gasteiger partial charge is 0.377 e. The topological polar surface area (TPSA) is 21.3 Å². The van der Waals surface area contributed by atoms with Gasteiger partial charge in [-0.25, -0.2) is 0 Å². The highest BCUT2D eigenvalue weighted by molar-refractivity contribution is 5.34. The first-order valence-electron chi connectivity index (χ1n) is 8.28. The van der Waals surface area contributed by atoms with Gasteiger partial charge in [-0.05, 0) is 42.7 Å². The minimum absolute atomic E-state index is 0.523. The Balaban J connectivity index is 1.49. The summed E-state index contributed by atoms with van der Waals surface area (Å²) in [5.74, 6) is 0.707. The zero-order chi connectivity index (χ0) is 13.8. The molecule has 1 aromatic rings. The molecule has 0 heterocycles. The maximum absolute atomic E-state index is 5.94. The lowest BCUT2D eigenvalue weighted by atomic mass is 9.81. The predicted molar refractivity (Wildman–Crippen MR) is 83.0 cm³/mol. The summed E-state index contributed by atoms with van der Waals surface area (Å²) in [6.07, 6.45) is 8.32. The Morgan fingerprint density at radius 3 is 2.60 bits per heavy atom. The summed E-state index contributed by atoms with van der Waals surface area (Å²) in [6, 6.07) is 9.44. The molecule has 1 N–H and O–H groups in total. The second-order valence-electron chi connectivity index (χ2n) is 6.39. The molecular weight excluding hydrogens is 246 g/mol. The molecule has 2 atom stereocenters. The molecule has 0 amide bonds. The Kier molecular flexibility index (Phi) is 4.74. The molecule has 110 valence electrons. The molecule has 0 radical (unpaired) electrons. The minimum Gasteiger partial charge on any atom is -0.377 e. The van der Waals surface area contributed by atoms with Crippen molar-refractivity contribution in [3.05, 3.63) is 35.4 Å². The van der Waals surface area contributed by atoms with Gasteiger partial charge >= 0.3 is 0 Å². The van der Waals surface area contributed by atoms with Crippen LogP contribution in [0.1, 0.15) is 68.5 Å². The molecule has 3 rings (SSSR count). The molecule has 1 aromatic carbocycles. The van der Waals surface area contributed by atoms with Gasteiger partial charge in [0.1, 0.15) is 0 Å². The van der Waals surface area contributed by atoms with Crippen molar-refractivity contribution in [3.63, 3.8) is 0 Å². The summed E-state index contributed by atoms with van der Waals surface area (Å²) in [5.41, 5.74) is 3.04. The minimum atomic E-state index is 0.523. The van der Waals surface area contributed by atoms with Crippen LogP contribution < -0.4 is 5.32 Å². The van der Waals surface area contributed by atoms with Gasteiger partial charge in [0.25, 0.3) is 0 Å². The molecule has 2 aliphatic rings. The fourth-order valence-corrected chi connectivity index (χ4v) is 3.73. The molecular formula is C18H27NO. The Bertz CT molecular complexity index is 425. The third-order valence-corrected chi connectivity index (χ3v) is 4.94. The quantitative estimate of drug-likeness (QED) is 0.813. The molecule has 20 heavy (non-hydrogen) atoms. The van der Waals surface area contributed by atoms with Crippen molar-refractivity contribution >= 4 is 0 Å². The molecule has 2 heteroatoms. The first-order valence-corrected chi connectivity index (χ1v) is 8.28. The SMILES string of the molecule is CC1CCC(NCCOC2CCCC2)c2ccccc21. The monoisotopic (exact) mass is 273 g/mol. The van der Waals surface area contributed by atoms with Crippen LogP contribution in [0.15, 0.2) is 24.3 Å². The fourth-order valence-electron chi connectivity index (χ4n) is 3.73. The van der Waals surface area contributed by atoms with E-state index in [1.807, 2.05) is 0 Å². The van der Waals surface area contributed by atoms with Crippen LogP contribution in [-0.2, 0) is 4.74 Å². The van der Waals surface area contributed by atoms with Crippen molar-refractivity contribution in [2.45, 2.75) is 63.5 Å². The van der Waals surface area contributed by atoms with Crippen LogP contribution in [0, 0.1) is 0 Å². The summed E-state index contributed by atoms with van der Waals surface area (Å²) in [7, 11) is 0. The Labute approximate surface area is 122 Å². The molecule has 0 spiro atoms. The van der Waals surface area contributed by atoms with E-state index in [1.54, 1.807) is 0 Å². The summed E-state index contributed by atoms with van der Waals surface area (Å²) < 4.78 is 5.94. The number of ether oxygens (including phenoxy) is 1. The van der Waals surface area contributed by atoms with Crippen LogP contribution in [0.5, 0.6) is 0 Å². The molecule has 2 unspecified atom stereocenters. The van der Waals surface area contributed by atoms with Gasteiger partial charge in [-0.3, -0.25) is 0 Å². The fraction of sp³-hybridized carbons (Fsp3) is 0.667. The zero-order valence-electron chi connectivity index (χ0n) is 12.6. The van der Waals surface area contributed by atoms with Crippen molar-refractivity contribution in [1.29, 1.82) is 0 Å². The number of nitrogens with one attached hydrogen (secondary N) is 1. The molecule has 0 bridgehead atoms. The van der Waals surface area contributed by atoms with E-state index in [9.17, 15) is 0 Å². The van der Waals surface area contributed by atoms with Crippen LogP contribution in [0.2, 0.25) is 0 Å². The highest BCUT2D eigenvalue weighted by atomic mass is 16.5. The molecule has 2 nitrogen and oxygen atoms in total. The van der Waals surface area contributed by atoms with Gasteiger partial charge in [-0.1, -0.05) is 44.0 Å². The van der Waals surface area contributed by atoms with Crippen molar-refractivity contribution in [1.82, 2.24) is 5.32 Å². The lowest BCUT2D eigenvalue weighted by Crippen LogP contribution is -2.29. The lowest BCUT2D eigenvalue weighted by Gasteiger charge is -2.30. The number of benzene rings is 1. The smallest absolute Gasteiger partial charge is 0.0594 e. The van der Waals surface area contributed by atoms with E-state index in [0.29, 0.717) is 18.1 Å². The van der Waals surface area contributed by atoms with Crippen LogP contribution in [0.4, 0.5) is 0 Å². The average Bonchev–Trinajstić information content (AvgIpc) is 2.99. The van der Waals surface area contributed by atoms with Crippen molar-refractivity contribution < 1.29 is 4.74 Å². The van der Waals surface area contributed by atoms with Crippen LogP contribution in [-0.4, -0.2) is 19.3 Å². The first kappa shape index (κ1) is 14.1. The Morgan fingerprint density at radius 1 is 1.05 bits per heavy atom. The lowest BCUT2D eigenvalue weighted by molar-refractivity contribution is 0.0588. The van der Waals surface area contributed by atoms with Gasteiger partial charge < -0.3 is 10.1 Å². The van der Waals surface area contributed by atoms with Crippen molar-refractivity contribution in [2.75, 3.05) is 13.2 Å². The van der Waals surface area contributed by atoms with E-state index in [2.05, 4.69) is 36.5 Å². The highest BCUT2D eigenvalue weighted by Gasteiger charge is 2.23. The average molecular weight is 273 g/mol. The van der Waals surface area contributed by atoms with Gasteiger partial charge in [0.05, 0.1) is 12.7 Å². The van der Waals surface area contributed by atoms with Crippen LogP contribution >= 0.6 is 0 Å². The van der Waals surface area contributed by atoms with E-state index < -0.39 is 0 Å². The van der Waals surface area contributed by atoms with Crippen molar-refractivity contribution in [3.8, 4) is 0 Å². The van der Waals surface area contributed by atoms with Gasteiger partial charge in [-0.2, -0.15) is 0 Å². The van der Waals surface area contributed by atoms with E-state index in [1.165, 1.54) is 49.7 Å². The van der Waals surface area contributed by atoms with Crippen LogP contribution in [0.3, 0.4) is 0 Å². The Hall–Kier alpha value is -0.860.